The highest BCUT2D eigenvalue weighted by atomic mass is 32.2. The van der Waals surface area contributed by atoms with Gasteiger partial charge in [-0.1, -0.05) is 29.4 Å². The van der Waals surface area contributed by atoms with E-state index in [1.807, 2.05) is 18.2 Å². The molecule has 0 bridgehead atoms. The van der Waals surface area contributed by atoms with E-state index in [1.165, 1.54) is 23.9 Å². The first-order valence-corrected chi connectivity index (χ1v) is 9.35. The lowest BCUT2D eigenvalue weighted by Gasteiger charge is -2.03. The molecule has 27 heavy (non-hydrogen) atoms. The fourth-order valence-electron chi connectivity index (χ4n) is 2.27. The van der Waals surface area contributed by atoms with Gasteiger partial charge in [-0.15, -0.1) is 11.8 Å². The number of nitrogens with one attached hydrogen (secondary N) is 1. The molecule has 2 aromatic carbocycles. The van der Waals surface area contributed by atoms with Gasteiger partial charge in [-0.3, -0.25) is 4.79 Å². The lowest BCUT2D eigenvalue weighted by atomic mass is 10.2. The molecule has 0 aliphatic rings. The number of amides is 1. The Morgan fingerprint density at radius 3 is 2.85 bits per heavy atom. The molecule has 0 aliphatic carbocycles. The summed E-state index contributed by atoms with van der Waals surface area (Å²) in [6.45, 7) is 0.160. The quantitative estimate of drug-likeness (QED) is 0.638. The molecule has 0 atom stereocenters. The number of ether oxygens (including phenoxy) is 1. The zero-order valence-corrected chi connectivity index (χ0v) is 15.5. The maximum atomic E-state index is 12.8. The number of carbonyl (C=O) groups is 1. The predicted octanol–water partition coefficient (Wildman–Crippen LogP) is 3.43. The van der Waals surface area contributed by atoms with E-state index in [4.69, 9.17) is 9.26 Å². The van der Waals surface area contributed by atoms with Crippen molar-refractivity contribution in [3.05, 3.63) is 65.8 Å². The number of halogens is 1. The Kier molecular flexibility index (Phi) is 6.43. The van der Waals surface area contributed by atoms with Gasteiger partial charge < -0.3 is 14.6 Å². The van der Waals surface area contributed by atoms with Crippen LogP contribution in [0.2, 0.25) is 0 Å². The second-order valence-corrected chi connectivity index (χ2v) is 6.63. The Morgan fingerprint density at radius 2 is 2.07 bits per heavy atom. The minimum atomic E-state index is -0.269. The fraction of sp³-hybridized carbons (Fsp3) is 0.211. The van der Waals surface area contributed by atoms with Crippen molar-refractivity contribution in [3.63, 3.8) is 0 Å². The summed E-state index contributed by atoms with van der Waals surface area (Å²) in [6, 6.07) is 13.5. The SMILES string of the molecule is COc1cccc(-c2noc(CNC(=O)CSCc3ccc(F)cc3)n2)c1. The third-order valence-electron chi connectivity index (χ3n) is 3.65. The van der Waals surface area contributed by atoms with Gasteiger partial charge in [0.2, 0.25) is 17.6 Å². The number of rotatable bonds is 8. The van der Waals surface area contributed by atoms with Gasteiger partial charge in [0, 0.05) is 11.3 Å². The lowest BCUT2D eigenvalue weighted by molar-refractivity contribution is -0.118. The van der Waals surface area contributed by atoms with Crippen LogP contribution < -0.4 is 10.1 Å². The predicted molar refractivity (Wildman–Crippen MR) is 101 cm³/mol. The van der Waals surface area contributed by atoms with Gasteiger partial charge in [0.05, 0.1) is 19.4 Å². The topological polar surface area (TPSA) is 77.3 Å². The summed E-state index contributed by atoms with van der Waals surface area (Å²) < 4.78 is 23.2. The molecule has 1 amide bonds. The largest absolute Gasteiger partial charge is 0.497 e. The highest BCUT2D eigenvalue weighted by molar-refractivity contribution is 7.99. The van der Waals surface area contributed by atoms with Crippen LogP contribution in [0.25, 0.3) is 11.4 Å². The average Bonchev–Trinajstić information content (AvgIpc) is 3.17. The summed E-state index contributed by atoms with van der Waals surface area (Å²) >= 11 is 1.45. The molecule has 0 fully saturated rings. The standard InChI is InChI=1S/C19H18FN3O3S/c1-25-16-4-2-3-14(9-16)19-22-18(26-23-19)10-21-17(24)12-27-11-13-5-7-15(20)8-6-13/h2-9H,10-12H2,1H3,(H,21,24). The maximum Gasteiger partial charge on any atom is 0.246 e. The van der Waals surface area contributed by atoms with Crippen LogP contribution in [0.15, 0.2) is 53.1 Å². The molecule has 3 rings (SSSR count). The van der Waals surface area contributed by atoms with Gasteiger partial charge in [0.1, 0.15) is 11.6 Å². The summed E-state index contributed by atoms with van der Waals surface area (Å²) in [5.74, 6) is 1.97. The summed E-state index contributed by atoms with van der Waals surface area (Å²) in [6.07, 6.45) is 0. The van der Waals surface area contributed by atoms with Crippen molar-refractivity contribution in [2.45, 2.75) is 12.3 Å². The number of benzene rings is 2. The summed E-state index contributed by atoms with van der Waals surface area (Å²) in [7, 11) is 1.59. The summed E-state index contributed by atoms with van der Waals surface area (Å²) in [4.78, 5) is 16.2. The Labute approximate surface area is 160 Å². The molecule has 3 aromatic rings. The van der Waals surface area contributed by atoms with Gasteiger partial charge >= 0.3 is 0 Å². The van der Waals surface area contributed by atoms with Crippen molar-refractivity contribution in [3.8, 4) is 17.1 Å². The Bertz CT molecular complexity index is 899. The molecular weight excluding hydrogens is 369 g/mol. The molecule has 1 N–H and O–H groups in total. The van der Waals surface area contributed by atoms with Crippen LogP contribution in [-0.2, 0) is 17.1 Å². The van der Waals surface area contributed by atoms with Gasteiger partial charge in [-0.2, -0.15) is 4.98 Å². The van der Waals surface area contributed by atoms with Crippen LogP contribution in [0.1, 0.15) is 11.5 Å². The first-order valence-electron chi connectivity index (χ1n) is 8.20. The van der Waals surface area contributed by atoms with Crippen LogP contribution >= 0.6 is 11.8 Å². The molecule has 0 saturated heterocycles. The van der Waals surface area contributed by atoms with E-state index in [2.05, 4.69) is 15.5 Å². The van der Waals surface area contributed by atoms with Crippen LogP contribution in [0, 0.1) is 5.82 Å². The van der Waals surface area contributed by atoms with Gasteiger partial charge in [0.25, 0.3) is 0 Å². The Hall–Kier alpha value is -2.87. The maximum absolute atomic E-state index is 12.8. The molecular formula is C19H18FN3O3S. The highest BCUT2D eigenvalue weighted by Crippen LogP contribution is 2.21. The van der Waals surface area contributed by atoms with E-state index in [1.54, 1.807) is 25.3 Å². The Morgan fingerprint density at radius 1 is 1.26 bits per heavy atom. The molecule has 0 unspecified atom stereocenters. The molecule has 0 saturated carbocycles. The number of hydrogen-bond donors (Lipinski definition) is 1. The van der Waals surface area contributed by atoms with E-state index < -0.39 is 0 Å². The molecule has 0 radical (unpaired) electrons. The highest BCUT2D eigenvalue weighted by Gasteiger charge is 2.10. The second-order valence-electron chi connectivity index (χ2n) is 5.64. The van der Waals surface area contributed by atoms with Crippen molar-refractivity contribution in [1.29, 1.82) is 0 Å². The minimum absolute atomic E-state index is 0.136. The van der Waals surface area contributed by atoms with E-state index in [0.29, 0.717) is 23.2 Å². The van der Waals surface area contributed by atoms with Gasteiger partial charge in [-0.25, -0.2) is 4.39 Å². The average molecular weight is 387 g/mol. The van der Waals surface area contributed by atoms with Crippen LogP contribution in [0.4, 0.5) is 4.39 Å². The zero-order chi connectivity index (χ0) is 19.1. The van der Waals surface area contributed by atoms with Crippen LogP contribution in [0.5, 0.6) is 5.75 Å². The molecule has 140 valence electrons. The second kappa shape index (κ2) is 9.18. The normalized spacial score (nSPS) is 10.6. The zero-order valence-electron chi connectivity index (χ0n) is 14.6. The smallest absolute Gasteiger partial charge is 0.246 e. The number of aromatic nitrogens is 2. The monoisotopic (exact) mass is 387 g/mol. The van der Waals surface area contributed by atoms with Crippen molar-refractivity contribution in [2.24, 2.45) is 0 Å². The third kappa shape index (κ3) is 5.55. The number of thioether (sulfide) groups is 1. The molecule has 0 aliphatic heterocycles. The van der Waals surface area contributed by atoms with E-state index >= 15 is 0 Å². The van der Waals surface area contributed by atoms with Crippen LogP contribution in [0.3, 0.4) is 0 Å². The van der Waals surface area contributed by atoms with Gasteiger partial charge in [-0.05, 0) is 29.8 Å². The summed E-state index contributed by atoms with van der Waals surface area (Å²) in [5.41, 5.74) is 1.74. The van der Waals surface area contributed by atoms with E-state index in [9.17, 15) is 9.18 Å². The van der Waals surface area contributed by atoms with Gasteiger partial charge in [0.15, 0.2) is 0 Å². The van der Waals surface area contributed by atoms with Crippen molar-refractivity contribution >= 4 is 17.7 Å². The van der Waals surface area contributed by atoms with Crippen molar-refractivity contribution in [1.82, 2.24) is 15.5 Å². The van der Waals surface area contributed by atoms with E-state index in [-0.39, 0.29) is 24.0 Å². The molecule has 6 nitrogen and oxygen atoms in total. The first kappa shape index (κ1) is 18.9. The number of carbonyl (C=O) groups excluding carboxylic acids is 1. The molecule has 0 spiro atoms. The first-order chi connectivity index (χ1) is 13.1. The van der Waals surface area contributed by atoms with Crippen molar-refractivity contribution < 1.29 is 18.4 Å². The lowest BCUT2D eigenvalue weighted by Crippen LogP contribution is -2.24. The minimum Gasteiger partial charge on any atom is -0.497 e. The molecule has 8 heteroatoms. The number of methoxy groups -OCH3 is 1. The fourth-order valence-corrected chi connectivity index (χ4v) is 3.09. The third-order valence-corrected chi connectivity index (χ3v) is 4.65. The van der Waals surface area contributed by atoms with Crippen LogP contribution in [-0.4, -0.2) is 28.9 Å². The van der Waals surface area contributed by atoms with Crippen molar-refractivity contribution in [2.75, 3.05) is 12.9 Å². The number of hydrogen-bond acceptors (Lipinski definition) is 6. The number of nitrogens with zero attached hydrogens (tertiary/aromatic N) is 2. The Balaban J connectivity index is 1.45. The molecule has 1 heterocycles. The van der Waals surface area contributed by atoms with E-state index in [0.717, 1.165) is 11.1 Å². The summed E-state index contributed by atoms with van der Waals surface area (Å²) in [5, 5.41) is 6.66. The molecule has 1 aromatic heterocycles.